The van der Waals surface area contributed by atoms with E-state index in [1.807, 2.05) is 25.1 Å². The predicted molar refractivity (Wildman–Crippen MR) is 91.5 cm³/mol. The van der Waals surface area contributed by atoms with Crippen LogP contribution in [0.5, 0.6) is 0 Å². The number of nitrogens with one attached hydrogen (secondary N) is 2. The molecule has 0 spiro atoms. The third-order valence-electron chi connectivity index (χ3n) is 3.72. The van der Waals surface area contributed by atoms with Crippen LogP contribution in [0, 0.1) is 6.92 Å². The number of halogens is 1. The molecule has 3 nitrogen and oxygen atoms in total. The SMILES string of the molecule is Cc1ccc(NCC(=O)NCCC2=CCCCC2)c(Br)c1. The Morgan fingerprint density at radius 2 is 2.19 bits per heavy atom. The van der Waals surface area contributed by atoms with Gasteiger partial charge in [0.25, 0.3) is 0 Å². The number of amides is 1. The van der Waals surface area contributed by atoms with Gasteiger partial charge in [-0.2, -0.15) is 0 Å². The third kappa shape index (κ3) is 5.54. The van der Waals surface area contributed by atoms with Crippen LogP contribution in [-0.2, 0) is 4.79 Å². The maximum Gasteiger partial charge on any atom is 0.239 e. The Morgan fingerprint density at radius 1 is 1.33 bits per heavy atom. The summed E-state index contributed by atoms with van der Waals surface area (Å²) in [4.78, 5) is 11.8. The number of allylic oxidation sites excluding steroid dienone is 1. The van der Waals surface area contributed by atoms with Crippen molar-refractivity contribution in [2.75, 3.05) is 18.4 Å². The Labute approximate surface area is 135 Å². The molecule has 0 unspecified atom stereocenters. The van der Waals surface area contributed by atoms with Crippen LogP contribution in [-0.4, -0.2) is 19.0 Å². The van der Waals surface area contributed by atoms with E-state index in [0.717, 1.165) is 23.1 Å². The summed E-state index contributed by atoms with van der Waals surface area (Å²) in [6, 6.07) is 6.05. The lowest BCUT2D eigenvalue weighted by atomic mass is 9.97. The van der Waals surface area contributed by atoms with Gasteiger partial charge >= 0.3 is 0 Å². The molecular formula is C17H23BrN2O. The fraction of sp³-hybridized carbons (Fsp3) is 0.471. The number of aryl methyl sites for hydroxylation is 1. The quantitative estimate of drug-likeness (QED) is 0.755. The first-order valence-electron chi connectivity index (χ1n) is 7.60. The van der Waals surface area contributed by atoms with Crippen molar-refractivity contribution in [3.8, 4) is 0 Å². The van der Waals surface area contributed by atoms with Gasteiger partial charge in [0.05, 0.1) is 6.54 Å². The molecule has 0 radical (unpaired) electrons. The van der Waals surface area contributed by atoms with E-state index in [-0.39, 0.29) is 5.91 Å². The van der Waals surface area contributed by atoms with Gasteiger partial charge in [-0.3, -0.25) is 4.79 Å². The maximum atomic E-state index is 11.8. The molecule has 2 N–H and O–H groups in total. The highest BCUT2D eigenvalue weighted by Crippen LogP contribution is 2.23. The molecule has 0 bridgehead atoms. The van der Waals surface area contributed by atoms with Crippen molar-refractivity contribution in [2.24, 2.45) is 0 Å². The first-order chi connectivity index (χ1) is 10.1. The van der Waals surface area contributed by atoms with Crippen LogP contribution >= 0.6 is 15.9 Å². The maximum absolute atomic E-state index is 11.8. The predicted octanol–water partition coefficient (Wildman–Crippen LogP) is 4.18. The van der Waals surface area contributed by atoms with Crippen molar-refractivity contribution >= 4 is 27.5 Å². The van der Waals surface area contributed by atoms with Gasteiger partial charge in [-0.1, -0.05) is 17.7 Å². The standard InChI is InChI=1S/C17H23BrN2O/c1-13-7-8-16(15(18)11-13)20-12-17(21)19-10-9-14-5-3-2-4-6-14/h5,7-8,11,20H,2-4,6,9-10,12H2,1H3,(H,19,21). The zero-order valence-electron chi connectivity index (χ0n) is 12.5. The van der Waals surface area contributed by atoms with E-state index in [1.165, 1.54) is 36.8 Å². The second-order valence-electron chi connectivity index (χ2n) is 5.54. The molecule has 0 saturated carbocycles. The molecule has 1 aliphatic rings. The Bertz CT molecular complexity index is 526. The number of benzene rings is 1. The number of carbonyl (C=O) groups excluding carboxylic acids is 1. The highest BCUT2D eigenvalue weighted by atomic mass is 79.9. The lowest BCUT2D eigenvalue weighted by molar-refractivity contribution is -0.119. The molecule has 4 heteroatoms. The molecular weight excluding hydrogens is 328 g/mol. The summed E-state index contributed by atoms with van der Waals surface area (Å²) in [7, 11) is 0. The Kier molecular flexibility index (Phi) is 6.30. The molecule has 114 valence electrons. The normalized spacial score (nSPS) is 14.5. The van der Waals surface area contributed by atoms with E-state index < -0.39 is 0 Å². The van der Waals surface area contributed by atoms with Gasteiger partial charge in [0.2, 0.25) is 5.91 Å². The topological polar surface area (TPSA) is 41.1 Å². The molecule has 0 aromatic heterocycles. The molecule has 0 atom stereocenters. The number of carbonyl (C=O) groups is 1. The lowest BCUT2D eigenvalue weighted by Gasteiger charge is -2.13. The molecule has 1 aromatic rings. The van der Waals surface area contributed by atoms with E-state index in [1.54, 1.807) is 0 Å². The van der Waals surface area contributed by atoms with Crippen LogP contribution in [0.15, 0.2) is 34.3 Å². The number of hydrogen-bond acceptors (Lipinski definition) is 2. The minimum Gasteiger partial charge on any atom is -0.375 e. The Morgan fingerprint density at radius 3 is 2.90 bits per heavy atom. The summed E-state index contributed by atoms with van der Waals surface area (Å²) in [5, 5.41) is 6.13. The lowest BCUT2D eigenvalue weighted by Crippen LogP contribution is -2.30. The van der Waals surface area contributed by atoms with E-state index in [9.17, 15) is 4.79 Å². The van der Waals surface area contributed by atoms with E-state index in [2.05, 4.69) is 32.6 Å². The van der Waals surface area contributed by atoms with Gasteiger partial charge in [0.15, 0.2) is 0 Å². The van der Waals surface area contributed by atoms with E-state index in [4.69, 9.17) is 0 Å². The second-order valence-corrected chi connectivity index (χ2v) is 6.40. The summed E-state index contributed by atoms with van der Waals surface area (Å²) >= 11 is 3.50. The average molecular weight is 351 g/mol. The summed E-state index contributed by atoms with van der Waals surface area (Å²) in [6.45, 7) is 3.09. The van der Waals surface area contributed by atoms with Gasteiger partial charge in [-0.25, -0.2) is 0 Å². The fourth-order valence-corrected chi connectivity index (χ4v) is 3.13. The van der Waals surface area contributed by atoms with Gasteiger partial charge in [-0.15, -0.1) is 0 Å². The van der Waals surface area contributed by atoms with Crippen molar-refractivity contribution in [3.05, 3.63) is 39.9 Å². The summed E-state index contributed by atoms with van der Waals surface area (Å²) in [6.07, 6.45) is 8.32. The highest BCUT2D eigenvalue weighted by Gasteiger charge is 2.06. The smallest absolute Gasteiger partial charge is 0.239 e. The summed E-state index contributed by atoms with van der Waals surface area (Å²) in [5.74, 6) is 0.0406. The van der Waals surface area contributed by atoms with Crippen molar-refractivity contribution < 1.29 is 4.79 Å². The Hall–Kier alpha value is -1.29. The Balaban J connectivity index is 1.68. The van der Waals surface area contributed by atoms with Crippen molar-refractivity contribution in [1.29, 1.82) is 0 Å². The number of rotatable bonds is 6. The third-order valence-corrected chi connectivity index (χ3v) is 4.37. The van der Waals surface area contributed by atoms with Gasteiger partial charge in [0.1, 0.15) is 0 Å². The first kappa shape index (κ1) is 16.1. The first-order valence-corrected chi connectivity index (χ1v) is 8.39. The van der Waals surface area contributed by atoms with Gasteiger partial charge < -0.3 is 10.6 Å². The van der Waals surface area contributed by atoms with E-state index in [0.29, 0.717) is 6.54 Å². The molecule has 0 fully saturated rings. The van der Waals surface area contributed by atoms with Gasteiger partial charge in [0, 0.05) is 16.7 Å². The number of hydrogen-bond donors (Lipinski definition) is 2. The summed E-state index contributed by atoms with van der Waals surface area (Å²) in [5.41, 5.74) is 3.64. The molecule has 21 heavy (non-hydrogen) atoms. The summed E-state index contributed by atoms with van der Waals surface area (Å²) < 4.78 is 0.989. The van der Waals surface area contributed by atoms with Crippen LogP contribution in [0.1, 0.15) is 37.7 Å². The molecule has 0 saturated heterocycles. The second kappa shape index (κ2) is 8.23. The molecule has 0 aliphatic heterocycles. The zero-order valence-corrected chi connectivity index (χ0v) is 14.1. The largest absolute Gasteiger partial charge is 0.375 e. The highest BCUT2D eigenvalue weighted by molar-refractivity contribution is 9.10. The van der Waals surface area contributed by atoms with Crippen LogP contribution in [0.3, 0.4) is 0 Å². The minimum absolute atomic E-state index is 0.0406. The molecule has 1 aromatic carbocycles. The minimum atomic E-state index is 0.0406. The van der Waals surface area contributed by atoms with Crippen LogP contribution < -0.4 is 10.6 Å². The monoisotopic (exact) mass is 350 g/mol. The number of anilines is 1. The van der Waals surface area contributed by atoms with E-state index >= 15 is 0 Å². The molecule has 1 amide bonds. The zero-order chi connectivity index (χ0) is 15.1. The fourth-order valence-electron chi connectivity index (χ4n) is 2.50. The van der Waals surface area contributed by atoms with Crippen LogP contribution in [0.25, 0.3) is 0 Å². The van der Waals surface area contributed by atoms with Crippen LogP contribution in [0.2, 0.25) is 0 Å². The molecule has 2 rings (SSSR count). The molecule has 0 heterocycles. The van der Waals surface area contributed by atoms with Gasteiger partial charge in [-0.05, 0) is 72.7 Å². The van der Waals surface area contributed by atoms with Crippen molar-refractivity contribution in [1.82, 2.24) is 5.32 Å². The average Bonchev–Trinajstić information content (AvgIpc) is 2.47. The molecule has 1 aliphatic carbocycles. The van der Waals surface area contributed by atoms with Crippen molar-refractivity contribution in [2.45, 2.75) is 39.0 Å². The van der Waals surface area contributed by atoms with Crippen molar-refractivity contribution in [3.63, 3.8) is 0 Å². The van der Waals surface area contributed by atoms with Crippen LogP contribution in [0.4, 0.5) is 5.69 Å².